The van der Waals surface area contributed by atoms with Crippen molar-refractivity contribution in [1.29, 1.82) is 0 Å². The van der Waals surface area contributed by atoms with Crippen LogP contribution in [-0.4, -0.2) is 24.7 Å². The van der Waals surface area contributed by atoms with Crippen LogP contribution in [0.1, 0.15) is 31.2 Å². The number of aromatic amines is 1. The fraction of sp³-hybridized carbons (Fsp3) is 0.700. The number of nitrogens with one attached hydrogen (secondary N) is 2. The molecule has 1 aromatic heterocycles. The van der Waals surface area contributed by atoms with Crippen LogP contribution >= 0.6 is 0 Å². The minimum Gasteiger partial charge on any atom is -0.281 e. The van der Waals surface area contributed by atoms with E-state index in [1.54, 1.807) is 13.8 Å². The molecule has 1 fully saturated rings. The van der Waals surface area contributed by atoms with Crippen LogP contribution in [0.2, 0.25) is 0 Å². The first kappa shape index (κ1) is 11.6. The summed E-state index contributed by atoms with van der Waals surface area (Å²) in [6.07, 6.45) is 1.97. The highest BCUT2D eigenvalue weighted by Crippen LogP contribution is 2.34. The van der Waals surface area contributed by atoms with Gasteiger partial charge in [0.2, 0.25) is 10.0 Å². The molecule has 2 atom stereocenters. The van der Waals surface area contributed by atoms with Gasteiger partial charge >= 0.3 is 0 Å². The topological polar surface area (TPSA) is 74.8 Å². The van der Waals surface area contributed by atoms with Crippen molar-refractivity contribution in [3.8, 4) is 0 Å². The van der Waals surface area contributed by atoms with Gasteiger partial charge in [-0.2, -0.15) is 5.10 Å². The highest BCUT2D eigenvalue weighted by molar-refractivity contribution is 7.89. The molecule has 1 heterocycles. The van der Waals surface area contributed by atoms with Crippen LogP contribution in [0.3, 0.4) is 0 Å². The molecule has 0 aromatic carbocycles. The Morgan fingerprint density at radius 1 is 1.50 bits per heavy atom. The molecule has 16 heavy (non-hydrogen) atoms. The van der Waals surface area contributed by atoms with Gasteiger partial charge in [0.05, 0.1) is 11.4 Å². The molecule has 0 amide bonds. The van der Waals surface area contributed by atoms with E-state index in [4.69, 9.17) is 0 Å². The Hall–Kier alpha value is -0.880. The van der Waals surface area contributed by atoms with Crippen molar-refractivity contribution in [3.05, 3.63) is 11.4 Å². The lowest BCUT2D eigenvalue weighted by molar-refractivity contribution is 0.574. The zero-order valence-corrected chi connectivity index (χ0v) is 10.6. The predicted octanol–water partition coefficient (Wildman–Crippen LogP) is 1.10. The zero-order valence-electron chi connectivity index (χ0n) is 9.74. The van der Waals surface area contributed by atoms with Gasteiger partial charge in [-0.3, -0.25) is 5.10 Å². The van der Waals surface area contributed by atoms with Crippen LogP contribution in [0.5, 0.6) is 0 Å². The molecule has 0 spiro atoms. The van der Waals surface area contributed by atoms with Gasteiger partial charge in [0.1, 0.15) is 4.90 Å². The highest BCUT2D eigenvalue weighted by atomic mass is 32.2. The Labute approximate surface area is 95.7 Å². The molecule has 2 rings (SSSR count). The first-order valence-corrected chi connectivity index (χ1v) is 6.98. The summed E-state index contributed by atoms with van der Waals surface area (Å²) >= 11 is 0. The molecule has 5 nitrogen and oxygen atoms in total. The maximum Gasteiger partial charge on any atom is 0.244 e. The van der Waals surface area contributed by atoms with Gasteiger partial charge in [-0.05, 0) is 26.2 Å². The third-order valence-corrected chi connectivity index (χ3v) is 4.83. The molecule has 1 aliphatic carbocycles. The lowest BCUT2D eigenvalue weighted by atomic mass is 10.3. The molecule has 2 N–H and O–H groups in total. The standard InChI is InChI=1S/C10H17N3O2S/c1-4-8-5-9(8)13-16(14,15)10-6(2)11-12-7(10)3/h8-9,13H,4-5H2,1-3H3,(H,11,12). The van der Waals surface area contributed by atoms with Gasteiger partial charge < -0.3 is 0 Å². The van der Waals surface area contributed by atoms with Gasteiger partial charge in [-0.15, -0.1) is 0 Å². The zero-order chi connectivity index (χ0) is 11.9. The molecule has 0 aliphatic heterocycles. The van der Waals surface area contributed by atoms with E-state index in [1.165, 1.54) is 0 Å². The fourth-order valence-electron chi connectivity index (χ4n) is 2.04. The average molecular weight is 243 g/mol. The van der Waals surface area contributed by atoms with Crippen molar-refractivity contribution in [2.45, 2.75) is 44.6 Å². The Kier molecular flexibility index (Phi) is 2.79. The lowest BCUT2D eigenvalue weighted by Crippen LogP contribution is -2.27. The molecule has 2 unspecified atom stereocenters. The van der Waals surface area contributed by atoms with E-state index in [0.717, 1.165) is 12.8 Å². The molecule has 0 saturated heterocycles. The Morgan fingerprint density at radius 2 is 2.19 bits per heavy atom. The van der Waals surface area contributed by atoms with E-state index in [9.17, 15) is 8.42 Å². The first-order valence-electron chi connectivity index (χ1n) is 5.49. The van der Waals surface area contributed by atoms with Crippen molar-refractivity contribution in [1.82, 2.24) is 14.9 Å². The fourth-order valence-corrected chi connectivity index (χ4v) is 3.73. The smallest absolute Gasteiger partial charge is 0.244 e. The molecule has 1 saturated carbocycles. The number of hydrogen-bond donors (Lipinski definition) is 2. The van der Waals surface area contributed by atoms with Crippen molar-refractivity contribution in [2.24, 2.45) is 5.92 Å². The van der Waals surface area contributed by atoms with Crippen LogP contribution in [0, 0.1) is 19.8 Å². The van der Waals surface area contributed by atoms with E-state index in [2.05, 4.69) is 21.8 Å². The quantitative estimate of drug-likeness (QED) is 0.831. The first-order chi connectivity index (χ1) is 7.45. The Bertz CT molecular complexity index is 473. The van der Waals surface area contributed by atoms with Gasteiger partial charge in [0, 0.05) is 6.04 Å². The van der Waals surface area contributed by atoms with E-state index in [-0.39, 0.29) is 6.04 Å². The van der Waals surface area contributed by atoms with Crippen LogP contribution < -0.4 is 4.72 Å². The summed E-state index contributed by atoms with van der Waals surface area (Å²) in [5, 5.41) is 6.60. The van der Waals surface area contributed by atoms with E-state index in [1.807, 2.05) is 0 Å². The summed E-state index contributed by atoms with van der Waals surface area (Å²) in [6.45, 7) is 5.49. The molecule has 6 heteroatoms. The van der Waals surface area contributed by atoms with Gasteiger partial charge in [-0.1, -0.05) is 13.3 Å². The maximum absolute atomic E-state index is 12.1. The third-order valence-electron chi connectivity index (χ3n) is 3.08. The Balaban J connectivity index is 2.20. The lowest BCUT2D eigenvalue weighted by Gasteiger charge is -2.05. The number of rotatable bonds is 4. The predicted molar refractivity (Wildman–Crippen MR) is 60.6 cm³/mol. The number of H-pyrrole nitrogens is 1. The molecular weight excluding hydrogens is 226 g/mol. The maximum atomic E-state index is 12.1. The largest absolute Gasteiger partial charge is 0.281 e. The van der Waals surface area contributed by atoms with Gasteiger partial charge in [0.25, 0.3) is 0 Å². The van der Waals surface area contributed by atoms with Gasteiger partial charge in [-0.25, -0.2) is 13.1 Å². The second kappa shape index (κ2) is 3.85. The summed E-state index contributed by atoms with van der Waals surface area (Å²) < 4.78 is 26.9. The number of hydrogen-bond acceptors (Lipinski definition) is 3. The second-order valence-electron chi connectivity index (χ2n) is 4.39. The van der Waals surface area contributed by atoms with Gasteiger partial charge in [0.15, 0.2) is 0 Å². The molecule has 1 aromatic rings. The summed E-state index contributed by atoms with van der Waals surface area (Å²) in [7, 11) is -3.40. The molecule has 0 radical (unpaired) electrons. The summed E-state index contributed by atoms with van der Waals surface area (Å²) in [6, 6.07) is 0.115. The highest BCUT2D eigenvalue weighted by Gasteiger charge is 2.39. The second-order valence-corrected chi connectivity index (χ2v) is 6.05. The van der Waals surface area contributed by atoms with E-state index in [0.29, 0.717) is 22.2 Å². The van der Waals surface area contributed by atoms with Crippen molar-refractivity contribution in [3.63, 3.8) is 0 Å². The monoisotopic (exact) mass is 243 g/mol. The van der Waals surface area contributed by atoms with Crippen molar-refractivity contribution in [2.75, 3.05) is 0 Å². The van der Waals surface area contributed by atoms with Crippen LogP contribution in [0.25, 0.3) is 0 Å². The van der Waals surface area contributed by atoms with Crippen molar-refractivity contribution < 1.29 is 8.42 Å². The number of aryl methyl sites for hydroxylation is 2. The minimum atomic E-state index is -3.40. The average Bonchev–Trinajstić information content (AvgIpc) is 2.83. The Morgan fingerprint density at radius 3 is 2.62 bits per heavy atom. The number of sulfonamides is 1. The molecule has 1 aliphatic rings. The normalized spacial score (nSPS) is 24.7. The molecule has 0 bridgehead atoms. The van der Waals surface area contributed by atoms with Crippen molar-refractivity contribution >= 4 is 10.0 Å². The number of aromatic nitrogens is 2. The van der Waals surface area contributed by atoms with Crippen LogP contribution in [-0.2, 0) is 10.0 Å². The summed E-state index contributed by atoms with van der Waals surface area (Å²) in [5.41, 5.74) is 1.12. The summed E-state index contributed by atoms with van der Waals surface area (Å²) in [4.78, 5) is 0.300. The number of nitrogens with zero attached hydrogens (tertiary/aromatic N) is 1. The van der Waals surface area contributed by atoms with Crippen LogP contribution in [0.4, 0.5) is 0 Å². The molecule has 90 valence electrons. The summed E-state index contributed by atoms with van der Waals surface area (Å²) in [5.74, 6) is 0.502. The SMILES string of the molecule is CCC1CC1NS(=O)(=O)c1c(C)n[nH]c1C. The van der Waals surface area contributed by atoms with E-state index < -0.39 is 10.0 Å². The minimum absolute atomic E-state index is 0.115. The molecular formula is C10H17N3O2S. The third kappa shape index (κ3) is 1.99. The van der Waals surface area contributed by atoms with E-state index >= 15 is 0 Å². The van der Waals surface area contributed by atoms with Crippen LogP contribution in [0.15, 0.2) is 4.90 Å².